The lowest BCUT2D eigenvalue weighted by molar-refractivity contribution is -0.141. The number of amides is 1. The van der Waals surface area contributed by atoms with Gasteiger partial charge in [0.25, 0.3) is 0 Å². The third kappa shape index (κ3) is 2.84. The summed E-state index contributed by atoms with van der Waals surface area (Å²) in [6.45, 7) is 6.52. The number of rotatable bonds is 3. The first-order valence-electron chi connectivity index (χ1n) is 6.88. The molecule has 2 rings (SSSR count). The van der Waals surface area contributed by atoms with Gasteiger partial charge in [-0.1, -0.05) is 51.1 Å². The molecule has 20 heavy (non-hydrogen) atoms. The lowest BCUT2D eigenvalue weighted by Gasteiger charge is -2.38. The molecule has 0 aromatic heterocycles. The van der Waals surface area contributed by atoms with Gasteiger partial charge in [0.15, 0.2) is 0 Å². The summed E-state index contributed by atoms with van der Waals surface area (Å²) in [5, 5.41) is 9.13. The summed E-state index contributed by atoms with van der Waals surface area (Å²) in [6.07, 6.45) is 0.106. The molecular formula is C16H21NO3. The fourth-order valence-corrected chi connectivity index (χ4v) is 2.93. The SMILES string of the molecule is CC(C)(C)C(c1ccccc1)N1CC(C(=O)O)CC1=O. The van der Waals surface area contributed by atoms with Crippen LogP contribution in [0.1, 0.15) is 38.8 Å². The van der Waals surface area contributed by atoms with Gasteiger partial charge in [0.2, 0.25) is 5.91 Å². The Labute approximate surface area is 119 Å². The van der Waals surface area contributed by atoms with Crippen molar-refractivity contribution in [3.05, 3.63) is 35.9 Å². The van der Waals surface area contributed by atoms with Gasteiger partial charge in [-0.2, -0.15) is 0 Å². The van der Waals surface area contributed by atoms with Crippen molar-refractivity contribution in [3.63, 3.8) is 0 Å². The Balaban J connectivity index is 2.34. The third-order valence-corrected chi connectivity index (χ3v) is 3.75. The second kappa shape index (κ2) is 5.27. The Hall–Kier alpha value is -1.84. The molecule has 1 fully saturated rings. The fraction of sp³-hybridized carbons (Fsp3) is 0.500. The molecule has 108 valence electrons. The van der Waals surface area contributed by atoms with Crippen molar-refractivity contribution < 1.29 is 14.7 Å². The standard InChI is InChI=1S/C16H21NO3/c1-16(2,3)14(11-7-5-4-6-8-11)17-10-12(15(19)20)9-13(17)18/h4-8,12,14H,9-10H2,1-3H3,(H,19,20). The van der Waals surface area contributed by atoms with Crippen LogP contribution in [0.2, 0.25) is 0 Å². The minimum atomic E-state index is -0.887. The molecule has 4 heteroatoms. The first-order chi connectivity index (χ1) is 9.30. The number of carbonyl (C=O) groups is 2. The summed E-state index contributed by atoms with van der Waals surface area (Å²) in [5.74, 6) is -1.54. The van der Waals surface area contributed by atoms with Crippen LogP contribution < -0.4 is 0 Å². The summed E-state index contributed by atoms with van der Waals surface area (Å²) < 4.78 is 0. The normalized spacial score (nSPS) is 21.1. The Kier molecular flexibility index (Phi) is 3.84. The van der Waals surface area contributed by atoms with Crippen LogP contribution in [0.15, 0.2) is 30.3 Å². The molecule has 0 radical (unpaired) electrons. The van der Waals surface area contributed by atoms with Gasteiger partial charge in [0.05, 0.1) is 12.0 Å². The van der Waals surface area contributed by atoms with E-state index in [0.717, 1.165) is 5.56 Å². The van der Waals surface area contributed by atoms with Crippen LogP contribution in [0.25, 0.3) is 0 Å². The van der Waals surface area contributed by atoms with Crippen molar-refractivity contribution in [2.75, 3.05) is 6.54 Å². The minimum absolute atomic E-state index is 0.0684. The van der Waals surface area contributed by atoms with E-state index in [-0.39, 0.29) is 23.8 Å². The highest BCUT2D eigenvalue weighted by Crippen LogP contribution is 2.40. The number of nitrogens with zero attached hydrogens (tertiary/aromatic N) is 1. The second-order valence-electron chi connectivity index (χ2n) is 6.46. The van der Waals surface area contributed by atoms with Gasteiger partial charge in [-0.05, 0) is 11.0 Å². The van der Waals surface area contributed by atoms with Gasteiger partial charge in [0.1, 0.15) is 0 Å². The number of carboxylic acid groups (broad SMARTS) is 1. The Morgan fingerprint density at radius 2 is 1.90 bits per heavy atom. The van der Waals surface area contributed by atoms with Crippen LogP contribution in [0.5, 0.6) is 0 Å². The van der Waals surface area contributed by atoms with Crippen molar-refractivity contribution in [3.8, 4) is 0 Å². The molecule has 2 atom stereocenters. The Bertz CT molecular complexity index is 504. The van der Waals surface area contributed by atoms with Gasteiger partial charge in [0, 0.05) is 13.0 Å². The van der Waals surface area contributed by atoms with Crippen LogP contribution in [0, 0.1) is 11.3 Å². The van der Waals surface area contributed by atoms with Crippen molar-refractivity contribution in [2.24, 2.45) is 11.3 Å². The first kappa shape index (κ1) is 14.6. The molecule has 2 unspecified atom stereocenters. The maximum absolute atomic E-state index is 12.2. The topological polar surface area (TPSA) is 57.6 Å². The van der Waals surface area contributed by atoms with Gasteiger partial charge < -0.3 is 10.0 Å². The molecule has 1 amide bonds. The van der Waals surface area contributed by atoms with Crippen molar-refractivity contribution in [2.45, 2.75) is 33.2 Å². The van der Waals surface area contributed by atoms with E-state index in [1.54, 1.807) is 4.90 Å². The maximum Gasteiger partial charge on any atom is 0.308 e. The summed E-state index contributed by atoms with van der Waals surface area (Å²) in [7, 11) is 0. The predicted octanol–water partition coefficient (Wildman–Crippen LogP) is 2.71. The molecular weight excluding hydrogens is 254 g/mol. The van der Waals surface area contributed by atoms with Crippen LogP contribution >= 0.6 is 0 Å². The minimum Gasteiger partial charge on any atom is -0.481 e. The number of carbonyl (C=O) groups excluding carboxylic acids is 1. The number of benzene rings is 1. The monoisotopic (exact) mass is 275 g/mol. The highest BCUT2D eigenvalue weighted by Gasteiger charge is 2.42. The quantitative estimate of drug-likeness (QED) is 0.922. The van der Waals surface area contributed by atoms with Gasteiger partial charge in [-0.15, -0.1) is 0 Å². The van der Waals surface area contributed by atoms with Crippen LogP contribution in [-0.2, 0) is 9.59 Å². The van der Waals surface area contributed by atoms with E-state index < -0.39 is 11.9 Å². The molecule has 1 aliphatic heterocycles. The van der Waals surface area contributed by atoms with E-state index in [4.69, 9.17) is 5.11 Å². The van der Waals surface area contributed by atoms with E-state index in [9.17, 15) is 9.59 Å². The molecule has 0 bridgehead atoms. The number of carboxylic acids is 1. The molecule has 1 saturated heterocycles. The highest BCUT2D eigenvalue weighted by atomic mass is 16.4. The molecule has 4 nitrogen and oxygen atoms in total. The number of aliphatic carboxylic acids is 1. The predicted molar refractivity (Wildman–Crippen MR) is 76.1 cm³/mol. The first-order valence-corrected chi connectivity index (χ1v) is 6.88. The van der Waals surface area contributed by atoms with Crippen molar-refractivity contribution >= 4 is 11.9 Å². The summed E-state index contributed by atoms with van der Waals surface area (Å²) in [4.78, 5) is 25.1. The second-order valence-corrected chi connectivity index (χ2v) is 6.46. The maximum atomic E-state index is 12.2. The zero-order valence-electron chi connectivity index (χ0n) is 12.2. The van der Waals surface area contributed by atoms with Crippen LogP contribution in [0.4, 0.5) is 0 Å². The highest BCUT2D eigenvalue weighted by molar-refractivity contribution is 5.86. The number of hydrogen-bond acceptors (Lipinski definition) is 2. The molecule has 0 saturated carbocycles. The Morgan fingerprint density at radius 1 is 1.30 bits per heavy atom. The summed E-state index contributed by atoms with van der Waals surface area (Å²) in [5.41, 5.74) is 0.907. The van der Waals surface area contributed by atoms with E-state index >= 15 is 0 Å². The van der Waals surface area contributed by atoms with Gasteiger partial charge >= 0.3 is 5.97 Å². The van der Waals surface area contributed by atoms with Crippen molar-refractivity contribution in [1.29, 1.82) is 0 Å². The number of likely N-dealkylation sites (tertiary alicyclic amines) is 1. The van der Waals surface area contributed by atoms with E-state index in [2.05, 4.69) is 20.8 Å². The van der Waals surface area contributed by atoms with Crippen molar-refractivity contribution in [1.82, 2.24) is 4.90 Å². The lowest BCUT2D eigenvalue weighted by atomic mass is 9.81. The van der Waals surface area contributed by atoms with E-state index in [0.29, 0.717) is 6.54 Å². The van der Waals surface area contributed by atoms with Gasteiger partial charge in [-0.25, -0.2) is 0 Å². The fourth-order valence-electron chi connectivity index (χ4n) is 2.93. The smallest absolute Gasteiger partial charge is 0.308 e. The van der Waals surface area contributed by atoms with Gasteiger partial charge in [-0.3, -0.25) is 9.59 Å². The molecule has 1 N–H and O–H groups in total. The van der Waals surface area contributed by atoms with E-state index in [1.807, 2.05) is 30.3 Å². The molecule has 1 aliphatic rings. The average Bonchev–Trinajstić information content (AvgIpc) is 2.72. The van der Waals surface area contributed by atoms with E-state index in [1.165, 1.54) is 0 Å². The summed E-state index contributed by atoms with van der Waals surface area (Å²) in [6, 6.07) is 9.73. The van der Waals surface area contributed by atoms with Crippen LogP contribution in [-0.4, -0.2) is 28.4 Å². The zero-order chi connectivity index (χ0) is 14.9. The summed E-state index contributed by atoms with van der Waals surface area (Å²) >= 11 is 0. The third-order valence-electron chi connectivity index (χ3n) is 3.75. The Morgan fingerprint density at radius 3 is 2.35 bits per heavy atom. The molecule has 0 aliphatic carbocycles. The largest absolute Gasteiger partial charge is 0.481 e. The lowest BCUT2D eigenvalue weighted by Crippen LogP contribution is -2.38. The molecule has 0 spiro atoms. The average molecular weight is 275 g/mol. The molecule has 1 heterocycles. The number of hydrogen-bond donors (Lipinski definition) is 1. The molecule has 1 aromatic carbocycles. The zero-order valence-corrected chi connectivity index (χ0v) is 12.2. The van der Waals surface area contributed by atoms with Crippen LogP contribution in [0.3, 0.4) is 0 Å². The molecule has 1 aromatic rings.